The van der Waals surface area contributed by atoms with Crippen LogP contribution in [0.1, 0.15) is 0 Å². The van der Waals surface area contributed by atoms with E-state index in [1.807, 2.05) is 4.90 Å². The summed E-state index contributed by atoms with van der Waals surface area (Å²) in [5, 5.41) is 3.01. The number of piperazine rings is 1. The number of hydrogen-bond acceptors (Lipinski definition) is 4. The van der Waals surface area contributed by atoms with Crippen LogP contribution in [0, 0.1) is 5.82 Å². The van der Waals surface area contributed by atoms with Crippen LogP contribution < -0.4 is 5.32 Å². The molecule has 2 aromatic carbocycles. The summed E-state index contributed by atoms with van der Waals surface area (Å²) in [6.07, 6.45) is 0. The molecular weight excluding hydrogens is 473 g/mol. The highest BCUT2D eigenvalue weighted by Gasteiger charge is 2.29. The molecule has 0 radical (unpaired) electrons. The van der Waals surface area contributed by atoms with Gasteiger partial charge in [0, 0.05) is 35.7 Å². The van der Waals surface area contributed by atoms with E-state index in [1.54, 1.807) is 6.07 Å². The van der Waals surface area contributed by atoms with E-state index in [1.165, 1.54) is 40.7 Å². The Morgan fingerprint density at radius 1 is 1.11 bits per heavy atom. The summed E-state index contributed by atoms with van der Waals surface area (Å²) in [6, 6.07) is 10.4. The number of nitrogens with zero attached hydrogens (tertiary/aromatic N) is 2. The normalized spacial score (nSPS) is 16.1. The number of sulfonamides is 1. The number of benzene rings is 2. The van der Waals surface area contributed by atoms with Crippen molar-refractivity contribution < 1.29 is 17.6 Å². The summed E-state index contributed by atoms with van der Waals surface area (Å²) in [7, 11) is -3.60. The molecule has 10 heteroatoms. The van der Waals surface area contributed by atoms with Crippen LogP contribution in [0.25, 0.3) is 0 Å². The minimum absolute atomic E-state index is 0.0599. The molecular formula is C18H18BrClFN3O3S. The molecule has 28 heavy (non-hydrogen) atoms. The van der Waals surface area contributed by atoms with Gasteiger partial charge in [0.05, 0.1) is 17.1 Å². The largest absolute Gasteiger partial charge is 0.322 e. The van der Waals surface area contributed by atoms with E-state index in [0.717, 1.165) is 0 Å². The zero-order valence-electron chi connectivity index (χ0n) is 14.7. The van der Waals surface area contributed by atoms with Crippen LogP contribution in [0.5, 0.6) is 0 Å². The zero-order chi connectivity index (χ0) is 20.3. The molecule has 150 valence electrons. The lowest BCUT2D eigenvalue weighted by Crippen LogP contribution is -2.50. The highest BCUT2D eigenvalue weighted by atomic mass is 79.9. The standard InChI is InChI=1S/C18H18BrClFN3O3S/c19-13-1-6-17(16(21)11-13)22-18(25)12-23-7-9-24(10-8-23)28(26,27)15-4-2-14(20)3-5-15/h1-6,11H,7-10,12H2,(H,22,25). The van der Waals surface area contributed by atoms with Crippen molar-refractivity contribution in [2.45, 2.75) is 4.90 Å². The number of amides is 1. The Kier molecular flexibility index (Phi) is 6.72. The third-order valence-corrected chi connectivity index (χ3v) is 7.01. The van der Waals surface area contributed by atoms with Crippen molar-refractivity contribution in [3.05, 3.63) is 57.8 Å². The third-order valence-electron chi connectivity index (χ3n) is 4.36. The predicted molar refractivity (Wildman–Crippen MR) is 109 cm³/mol. The average Bonchev–Trinajstić information content (AvgIpc) is 2.65. The minimum Gasteiger partial charge on any atom is -0.322 e. The van der Waals surface area contributed by atoms with Gasteiger partial charge >= 0.3 is 0 Å². The Bertz CT molecular complexity index is 965. The lowest BCUT2D eigenvalue weighted by atomic mass is 10.3. The van der Waals surface area contributed by atoms with Crippen LogP contribution in [0.4, 0.5) is 10.1 Å². The summed E-state index contributed by atoms with van der Waals surface area (Å²) in [4.78, 5) is 14.2. The predicted octanol–water partition coefficient (Wildman–Crippen LogP) is 3.19. The summed E-state index contributed by atoms with van der Waals surface area (Å²) >= 11 is 8.97. The first-order valence-corrected chi connectivity index (χ1v) is 11.1. The Morgan fingerprint density at radius 2 is 1.75 bits per heavy atom. The van der Waals surface area contributed by atoms with Crippen LogP contribution in [0.15, 0.2) is 51.8 Å². The number of carbonyl (C=O) groups excluding carboxylic acids is 1. The van der Waals surface area contributed by atoms with E-state index in [9.17, 15) is 17.6 Å². The van der Waals surface area contributed by atoms with Gasteiger partial charge in [0.15, 0.2) is 0 Å². The van der Waals surface area contributed by atoms with E-state index >= 15 is 0 Å². The molecule has 1 aliphatic rings. The SMILES string of the molecule is O=C(CN1CCN(S(=O)(=O)c2ccc(Cl)cc2)CC1)Nc1ccc(Br)cc1F. The van der Waals surface area contributed by atoms with Gasteiger partial charge in [0.25, 0.3) is 0 Å². The summed E-state index contributed by atoms with van der Waals surface area (Å²) in [5.41, 5.74) is 0.108. The van der Waals surface area contributed by atoms with Crippen molar-refractivity contribution >= 4 is 49.1 Å². The number of anilines is 1. The fourth-order valence-electron chi connectivity index (χ4n) is 2.87. The second kappa shape index (κ2) is 8.87. The maximum absolute atomic E-state index is 13.8. The van der Waals surface area contributed by atoms with Crippen LogP contribution >= 0.6 is 27.5 Å². The van der Waals surface area contributed by atoms with E-state index in [2.05, 4.69) is 21.2 Å². The highest BCUT2D eigenvalue weighted by Crippen LogP contribution is 2.21. The second-order valence-electron chi connectivity index (χ2n) is 6.31. The second-order valence-corrected chi connectivity index (χ2v) is 9.60. The lowest BCUT2D eigenvalue weighted by molar-refractivity contribution is -0.117. The fraction of sp³-hybridized carbons (Fsp3) is 0.278. The van der Waals surface area contributed by atoms with E-state index in [4.69, 9.17) is 11.6 Å². The van der Waals surface area contributed by atoms with Crippen LogP contribution in [0.2, 0.25) is 5.02 Å². The average molecular weight is 491 g/mol. The van der Waals surface area contributed by atoms with Gasteiger partial charge in [-0.3, -0.25) is 9.69 Å². The fourth-order valence-corrected chi connectivity index (χ4v) is 4.75. The molecule has 0 aliphatic carbocycles. The molecule has 1 amide bonds. The van der Waals surface area contributed by atoms with Gasteiger partial charge in [0.2, 0.25) is 15.9 Å². The molecule has 6 nitrogen and oxygen atoms in total. The molecule has 1 heterocycles. The van der Waals surface area contributed by atoms with Gasteiger partial charge in [-0.05, 0) is 42.5 Å². The maximum Gasteiger partial charge on any atom is 0.243 e. The number of rotatable bonds is 5. The first-order valence-electron chi connectivity index (χ1n) is 8.49. The molecule has 2 aromatic rings. The third kappa shape index (κ3) is 5.09. The Morgan fingerprint density at radius 3 is 2.36 bits per heavy atom. The minimum atomic E-state index is -3.60. The molecule has 1 saturated heterocycles. The number of halogens is 3. The topological polar surface area (TPSA) is 69.7 Å². The van der Waals surface area contributed by atoms with Gasteiger partial charge in [-0.25, -0.2) is 12.8 Å². The van der Waals surface area contributed by atoms with E-state index in [0.29, 0.717) is 22.6 Å². The molecule has 0 aromatic heterocycles. The van der Waals surface area contributed by atoms with Gasteiger partial charge in [-0.15, -0.1) is 0 Å². The molecule has 3 rings (SSSR count). The van der Waals surface area contributed by atoms with Gasteiger partial charge in [-0.1, -0.05) is 27.5 Å². The maximum atomic E-state index is 13.8. The number of nitrogens with one attached hydrogen (secondary N) is 1. The van der Waals surface area contributed by atoms with Crippen LogP contribution in [0.3, 0.4) is 0 Å². The Balaban J connectivity index is 1.55. The van der Waals surface area contributed by atoms with E-state index < -0.39 is 15.8 Å². The van der Waals surface area contributed by atoms with Gasteiger partial charge < -0.3 is 5.32 Å². The van der Waals surface area contributed by atoms with Crippen LogP contribution in [-0.2, 0) is 14.8 Å². The smallest absolute Gasteiger partial charge is 0.243 e. The van der Waals surface area contributed by atoms with Crippen molar-refractivity contribution in [2.24, 2.45) is 0 Å². The van der Waals surface area contributed by atoms with Gasteiger partial charge in [-0.2, -0.15) is 4.31 Å². The molecule has 1 N–H and O–H groups in total. The first kappa shape index (κ1) is 21.2. The van der Waals surface area contributed by atoms with E-state index in [-0.39, 0.29) is 36.1 Å². The van der Waals surface area contributed by atoms with Gasteiger partial charge in [0.1, 0.15) is 5.82 Å². The Hall–Kier alpha value is -1.52. The Labute approximate surface area is 176 Å². The monoisotopic (exact) mass is 489 g/mol. The van der Waals surface area contributed by atoms with Crippen molar-refractivity contribution in [1.82, 2.24) is 9.21 Å². The molecule has 1 fully saturated rings. The quantitative estimate of drug-likeness (QED) is 0.699. The first-order chi connectivity index (χ1) is 13.3. The summed E-state index contributed by atoms with van der Waals surface area (Å²) < 4.78 is 41.1. The summed E-state index contributed by atoms with van der Waals surface area (Å²) in [5.74, 6) is -0.878. The molecule has 0 saturated carbocycles. The molecule has 0 unspecified atom stereocenters. The molecule has 0 spiro atoms. The van der Waals surface area contributed by atoms with Crippen molar-refractivity contribution in [1.29, 1.82) is 0 Å². The van der Waals surface area contributed by atoms with Crippen molar-refractivity contribution in [2.75, 3.05) is 38.0 Å². The summed E-state index contributed by atoms with van der Waals surface area (Å²) in [6.45, 7) is 1.41. The lowest BCUT2D eigenvalue weighted by Gasteiger charge is -2.33. The highest BCUT2D eigenvalue weighted by molar-refractivity contribution is 9.10. The van der Waals surface area contributed by atoms with Crippen molar-refractivity contribution in [3.8, 4) is 0 Å². The van der Waals surface area contributed by atoms with Crippen LogP contribution in [-0.4, -0.2) is 56.3 Å². The molecule has 1 aliphatic heterocycles. The number of hydrogen-bond donors (Lipinski definition) is 1. The van der Waals surface area contributed by atoms with Crippen molar-refractivity contribution in [3.63, 3.8) is 0 Å². The molecule has 0 atom stereocenters. The zero-order valence-corrected chi connectivity index (χ0v) is 17.9. The molecule has 0 bridgehead atoms. The number of carbonyl (C=O) groups is 1.